The molecule has 0 aromatic heterocycles. The quantitative estimate of drug-likeness (QED) is 0.720. The number of hydrogen-bond acceptors (Lipinski definition) is 4. The van der Waals surface area contributed by atoms with Gasteiger partial charge in [-0.1, -0.05) is 6.07 Å². The topological polar surface area (TPSA) is 76.7 Å². The van der Waals surface area contributed by atoms with Crippen molar-refractivity contribution in [2.75, 3.05) is 18.5 Å². The average molecular weight is 382 g/mol. The van der Waals surface area contributed by atoms with E-state index in [2.05, 4.69) is 10.8 Å². The summed E-state index contributed by atoms with van der Waals surface area (Å²) in [5.74, 6) is -0.722. The monoisotopic (exact) mass is 382 g/mol. The molecule has 0 aliphatic carbocycles. The van der Waals surface area contributed by atoms with Crippen molar-refractivity contribution in [1.29, 1.82) is 0 Å². The molecule has 27 heavy (non-hydrogen) atoms. The summed E-state index contributed by atoms with van der Waals surface area (Å²) in [4.78, 5) is 28.3. The lowest BCUT2D eigenvalue weighted by molar-refractivity contribution is -0.137. The fourth-order valence-electron chi connectivity index (χ4n) is 2.02. The number of carbonyl (C=O) groups excluding carboxylic acids is 2. The Labute approximate surface area is 153 Å². The van der Waals surface area contributed by atoms with Crippen molar-refractivity contribution in [3.63, 3.8) is 0 Å². The van der Waals surface area contributed by atoms with Crippen LogP contribution in [-0.4, -0.2) is 25.0 Å². The van der Waals surface area contributed by atoms with Crippen LogP contribution in [0.4, 0.5) is 18.9 Å². The van der Waals surface area contributed by atoms with Crippen molar-refractivity contribution in [2.24, 2.45) is 0 Å². The van der Waals surface area contributed by atoms with E-state index < -0.39 is 30.2 Å². The van der Waals surface area contributed by atoms with Crippen LogP contribution >= 0.6 is 0 Å². The third-order valence-corrected chi connectivity index (χ3v) is 3.27. The number of amides is 2. The van der Waals surface area contributed by atoms with Crippen LogP contribution in [0.5, 0.6) is 5.75 Å². The Kier molecular flexibility index (Phi) is 6.78. The first-order valence-electron chi connectivity index (χ1n) is 7.91. The maximum Gasteiger partial charge on any atom is 0.416 e. The first kappa shape index (κ1) is 20.2. The van der Waals surface area contributed by atoms with Gasteiger partial charge in [0, 0.05) is 11.3 Å². The maximum atomic E-state index is 12.7. The number of benzene rings is 2. The van der Waals surface area contributed by atoms with Gasteiger partial charge in [0.1, 0.15) is 5.75 Å². The lowest BCUT2D eigenvalue weighted by atomic mass is 10.2. The fraction of sp³-hybridized carbons (Fsp3) is 0.222. The van der Waals surface area contributed by atoms with Crippen LogP contribution in [0.25, 0.3) is 0 Å². The predicted octanol–water partition coefficient (Wildman–Crippen LogP) is 3.40. The molecule has 2 aromatic carbocycles. The molecule has 0 fully saturated rings. The molecule has 144 valence electrons. The number of rotatable bonds is 7. The van der Waals surface area contributed by atoms with Crippen molar-refractivity contribution in [3.8, 4) is 5.75 Å². The lowest BCUT2D eigenvalue weighted by Gasteiger charge is -2.11. The minimum atomic E-state index is -4.49. The molecule has 2 amide bonds. The van der Waals surface area contributed by atoms with Crippen molar-refractivity contribution in [1.82, 2.24) is 5.48 Å². The first-order valence-corrected chi connectivity index (χ1v) is 7.91. The highest BCUT2D eigenvalue weighted by atomic mass is 19.4. The molecule has 0 aliphatic heterocycles. The molecule has 0 heterocycles. The Morgan fingerprint density at radius 3 is 2.41 bits per heavy atom. The third-order valence-electron chi connectivity index (χ3n) is 3.27. The molecule has 6 nitrogen and oxygen atoms in total. The molecule has 0 atom stereocenters. The number of nitrogens with one attached hydrogen (secondary N) is 2. The normalized spacial score (nSPS) is 11.0. The van der Waals surface area contributed by atoms with E-state index >= 15 is 0 Å². The minimum Gasteiger partial charge on any atom is -0.484 e. The number of ether oxygens (including phenoxy) is 1. The van der Waals surface area contributed by atoms with Crippen molar-refractivity contribution >= 4 is 17.5 Å². The molecule has 0 saturated carbocycles. The van der Waals surface area contributed by atoms with Gasteiger partial charge in [-0.05, 0) is 49.4 Å². The second kappa shape index (κ2) is 9.04. The van der Waals surface area contributed by atoms with Crippen molar-refractivity contribution < 1.29 is 32.3 Å². The van der Waals surface area contributed by atoms with Crippen LogP contribution in [0, 0.1) is 0 Å². The highest BCUT2D eigenvalue weighted by molar-refractivity contribution is 5.93. The lowest BCUT2D eigenvalue weighted by Crippen LogP contribution is -2.23. The fourth-order valence-corrected chi connectivity index (χ4v) is 2.02. The number of hydroxylamine groups is 1. The Bertz CT molecular complexity index is 792. The Balaban J connectivity index is 1.88. The number of hydrogen-bond donors (Lipinski definition) is 2. The van der Waals surface area contributed by atoms with Gasteiger partial charge in [-0.15, -0.1) is 0 Å². The van der Waals surface area contributed by atoms with Crippen molar-refractivity contribution in [3.05, 3.63) is 59.7 Å². The first-order chi connectivity index (χ1) is 12.8. The smallest absolute Gasteiger partial charge is 0.416 e. The van der Waals surface area contributed by atoms with E-state index in [1.165, 1.54) is 36.4 Å². The van der Waals surface area contributed by atoms with Gasteiger partial charge in [0.25, 0.3) is 11.8 Å². The summed E-state index contributed by atoms with van der Waals surface area (Å²) in [6, 6.07) is 10.2. The largest absolute Gasteiger partial charge is 0.484 e. The number of alkyl halides is 3. The zero-order valence-electron chi connectivity index (χ0n) is 14.3. The average Bonchev–Trinajstić information content (AvgIpc) is 2.64. The van der Waals surface area contributed by atoms with Crippen LogP contribution in [0.3, 0.4) is 0 Å². The molecule has 9 heteroatoms. The second-order valence-corrected chi connectivity index (χ2v) is 5.30. The van der Waals surface area contributed by atoms with Gasteiger partial charge in [-0.3, -0.25) is 14.4 Å². The number of halogens is 3. The summed E-state index contributed by atoms with van der Waals surface area (Å²) >= 11 is 0. The summed E-state index contributed by atoms with van der Waals surface area (Å²) in [6.45, 7) is 1.65. The molecule has 0 saturated heterocycles. The van der Waals surface area contributed by atoms with Crippen LogP contribution in [0.15, 0.2) is 48.5 Å². The highest BCUT2D eigenvalue weighted by Crippen LogP contribution is 2.30. The summed E-state index contributed by atoms with van der Waals surface area (Å²) < 4.78 is 43.2. The van der Waals surface area contributed by atoms with E-state index in [9.17, 15) is 22.8 Å². The SMILES string of the molecule is CCONC(=O)c1ccc(OCC(=O)Nc2cccc(C(F)(F)F)c2)cc1. The van der Waals surface area contributed by atoms with E-state index in [0.717, 1.165) is 12.1 Å². The van der Waals surface area contributed by atoms with Crippen LogP contribution in [0.1, 0.15) is 22.8 Å². The zero-order valence-corrected chi connectivity index (χ0v) is 14.3. The molecule has 2 rings (SSSR count). The summed E-state index contributed by atoms with van der Waals surface area (Å²) in [5, 5.41) is 2.33. The molecule has 0 aliphatic rings. The van der Waals surface area contributed by atoms with E-state index in [-0.39, 0.29) is 5.69 Å². The highest BCUT2D eigenvalue weighted by Gasteiger charge is 2.30. The Hall–Kier alpha value is -3.07. The molecular formula is C18H17F3N2O4. The van der Waals surface area contributed by atoms with Crippen LogP contribution in [-0.2, 0) is 15.8 Å². The standard InChI is InChI=1S/C18H17F3N2O4/c1-2-27-23-17(25)12-6-8-15(9-7-12)26-11-16(24)22-14-5-3-4-13(10-14)18(19,20)21/h3-10H,2,11H2,1H3,(H,22,24)(H,23,25). The molecule has 0 radical (unpaired) electrons. The zero-order chi connectivity index (χ0) is 19.9. The molecule has 2 aromatic rings. The van der Waals surface area contributed by atoms with Gasteiger partial charge in [0.05, 0.1) is 12.2 Å². The minimum absolute atomic E-state index is 0.0152. The van der Waals surface area contributed by atoms with E-state index in [1.54, 1.807) is 6.92 Å². The van der Waals surface area contributed by atoms with Gasteiger partial charge in [-0.25, -0.2) is 5.48 Å². The molecule has 2 N–H and O–H groups in total. The summed E-state index contributed by atoms with van der Waals surface area (Å²) in [6.07, 6.45) is -4.49. The summed E-state index contributed by atoms with van der Waals surface area (Å²) in [7, 11) is 0. The van der Waals surface area contributed by atoms with E-state index in [0.29, 0.717) is 17.9 Å². The molecule has 0 unspecified atom stereocenters. The van der Waals surface area contributed by atoms with Crippen molar-refractivity contribution in [2.45, 2.75) is 13.1 Å². The van der Waals surface area contributed by atoms with Crippen LogP contribution in [0.2, 0.25) is 0 Å². The second-order valence-electron chi connectivity index (χ2n) is 5.30. The van der Waals surface area contributed by atoms with Crippen LogP contribution < -0.4 is 15.5 Å². The molecule has 0 spiro atoms. The summed E-state index contributed by atoms with van der Waals surface area (Å²) in [5.41, 5.74) is 1.73. The van der Waals surface area contributed by atoms with Gasteiger partial charge in [0.2, 0.25) is 0 Å². The van der Waals surface area contributed by atoms with Gasteiger partial charge in [-0.2, -0.15) is 13.2 Å². The molecular weight excluding hydrogens is 365 g/mol. The predicted molar refractivity (Wildman–Crippen MR) is 91.1 cm³/mol. The van der Waals surface area contributed by atoms with Gasteiger partial charge in [0.15, 0.2) is 6.61 Å². The Morgan fingerprint density at radius 2 is 1.78 bits per heavy atom. The van der Waals surface area contributed by atoms with Gasteiger partial charge >= 0.3 is 6.18 Å². The number of anilines is 1. The maximum absolute atomic E-state index is 12.7. The number of carbonyl (C=O) groups is 2. The molecule has 0 bridgehead atoms. The van der Waals surface area contributed by atoms with Gasteiger partial charge < -0.3 is 10.1 Å². The Morgan fingerprint density at radius 1 is 1.07 bits per heavy atom. The van der Waals surface area contributed by atoms with E-state index in [4.69, 9.17) is 9.57 Å². The van der Waals surface area contributed by atoms with E-state index in [1.807, 2.05) is 0 Å². The third kappa shape index (κ3) is 6.30.